The Morgan fingerprint density at radius 1 is 1.29 bits per heavy atom. The number of rotatable bonds is 6. The zero-order valence-corrected chi connectivity index (χ0v) is 15.6. The molecule has 1 atom stereocenters. The van der Waals surface area contributed by atoms with Crippen LogP contribution in [-0.4, -0.2) is 40.7 Å². The molecule has 1 aliphatic heterocycles. The lowest BCUT2D eigenvalue weighted by molar-refractivity contribution is -0.127. The summed E-state index contributed by atoms with van der Waals surface area (Å²) < 4.78 is 6.74. The van der Waals surface area contributed by atoms with Crippen molar-refractivity contribution in [2.75, 3.05) is 18.8 Å². The maximum atomic E-state index is 12.3. The quantitative estimate of drug-likeness (QED) is 0.732. The van der Waals surface area contributed by atoms with Crippen LogP contribution in [0.4, 0.5) is 0 Å². The van der Waals surface area contributed by atoms with Gasteiger partial charge in [-0.15, -0.1) is 11.8 Å². The Labute approximate surface area is 154 Å². The number of likely N-dealkylation sites (tertiary alicyclic amines) is 1. The molecule has 1 aliphatic rings. The van der Waals surface area contributed by atoms with Gasteiger partial charge < -0.3 is 9.64 Å². The van der Waals surface area contributed by atoms with Crippen LogP contribution in [0.25, 0.3) is 0 Å². The lowest BCUT2D eigenvalue weighted by atomic mass is 10.2. The summed E-state index contributed by atoms with van der Waals surface area (Å²) in [6, 6.07) is 14.0. The summed E-state index contributed by atoms with van der Waals surface area (Å²) in [5, 5.41) is 0. The van der Waals surface area contributed by atoms with Crippen molar-refractivity contribution in [2.45, 2.75) is 18.3 Å². The zero-order valence-electron chi connectivity index (χ0n) is 13.2. The average molecular weight is 407 g/mol. The summed E-state index contributed by atoms with van der Waals surface area (Å²) in [5.74, 6) is 2.15. The summed E-state index contributed by atoms with van der Waals surface area (Å²) in [7, 11) is 0. The van der Waals surface area contributed by atoms with Gasteiger partial charge in [0.05, 0.1) is 16.8 Å². The van der Waals surface area contributed by atoms with E-state index in [0.29, 0.717) is 18.2 Å². The maximum absolute atomic E-state index is 12.3. The van der Waals surface area contributed by atoms with Crippen LogP contribution in [0.1, 0.15) is 12.0 Å². The standard InChI is InChI=1S/C18H19BrN2O2S/c19-16-7-4-9-20-18(16)23-15-8-10-21(11-15)17(22)13-24-12-14-5-2-1-3-6-14/h1-7,9,15H,8,10-13H2. The fraction of sp³-hybridized carbons (Fsp3) is 0.333. The Bertz CT molecular complexity index is 684. The number of thioether (sulfide) groups is 1. The third-order valence-electron chi connectivity index (χ3n) is 3.84. The van der Waals surface area contributed by atoms with Gasteiger partial charge >= 0.3 is 0 Å². The Morgan fingerprint density at radius 3 is 2.92 bits per heavy atom. The Hall–Kier alpha value is -1.53. The van der Waals surface area contributed by atoms with E-state index < -0.39 is 0 Å². The fourth-order valence-corrected chi connectivity index (χ4v) is 3.82. The van der Waals surface area contributed by atoms with Crippen molar-refractivity contribution >= 4 is 33.6 Å². The molecule has 1 aromatic carbocycles. The van der Waals surface area contributed by atoms with Crippen molar-refractivity contribution in [3.8, 4) is 5.88 Å². The first-order valence-electron chi connectivity index (χ1n) is 7.89. The van der Waals surface area contributed by atoms with Gasteiger partial charge in [-0.25, -0.2) is 4.98 Å². The van der Waals surface area contributed by atoms with Crippen LogP contribution in [0, 0.1) is 0 Å². The number of amides is 1. The molecule has 1 aromatic heterocycles. The van der Waals surface area contributed by atoms with E-state index in [-0.39, 0.29) is 12.0 Å². The van der Waals surface area contributed by atoms with E-state index in [1.165, 1.54) is 5.56 Å². The van der Waals surface area contributed by atoms with E-state index in [1.807, 2.05) is 35.2 Å². The van der Waals surface area contributed by atoms with Gasteiger partial charge in [-0.2, -0.15) is 0 Å². The average Bonchev–Trinajstić information content (AvgIpc) is 3.07. The molecule has 0 saturated carbocycles. The first kappa shape index (κ1) is 17.3. The molecule has 1 fully saturated rings. The van der Waals surface area contributed by atoms with Crippen LogP contribution in [0.3, 0.4) is 0 Å². The third-order valence-corrected chi connectivity index (χ3v) is 5.43. The summed E-state index contributed by atoms with van der Waals surface area (Å²) in [5.41, 5.74) is 1.25. The van der Waals surface area contributed by atoms with Crippen molar-refractivity contribution in [1.29, 1.82) is 0 Å². The largest absolute Gasteiger partial charge is 0.472 e. The second kappa shape index (κ2) is 8.53. The van der Waals surface area contributed by atoms with E-state index >= 15 is 0 Å². The monoisotopic (exact) mass is 406 g/mol. The number of carbonyl (C=O) groups excluding carboxylic acids is 1. The smallest absolute Gasteiger partial charge is 0.232 e. The van der Waals surface area contributed by atoms with Crippen LogP contribution in [0.5, 0.6) is 5.88 Å². The molecule has 6 heteroatoms. The van der Waals surface area contributed by atoms with Gasteiger partial charge in [0.15, 0.2) is 0 Å². The van der Waals surface area contributed by atoms with E-state index in [4.69, 9.17) is 4.74 Å². The molecule has 2 aromatic rings. The third kappa shape index (κ3) is 4.74. The summed E-state index contributed by atoms with van der Waals surface area (Å²) in [6.45, 7) is 1.38. The molecule has 2 heterocycles. The van der Waals surface area contributed by atoms with Crippen LogP contribution >= 0.6 is 27.7 Å². The molecule has 24 heavy (non-hydrogen) atoms. The molecule has 0 bridgehead atoms. The van der Waals surface area contributed by atoms with E-state index in [0.717, 1.165) is 23.2 Å². The molecule has 0 spiro atoms. The van der Waals surface area contributed by atoms with E-state index in [9.17, 15) is 4.79 Å². The Morgan fingerprint density at radius 2 is 2.12 bits per heavy atom. The number of aromatic nitrogens is 1. The van der Waals surface area contributed by atoms with Gasteiger partial charge in [0.1, 0.15) is 6.10 Å². The number of hydrogen-bond acceptors (Lipinski definition) is 4. The van der Waals surface area contributed by atoms with Gasteiger partial charge in [0, 0.05) is 24.9 Å². The van der Waals surface area contributed by atoms with Gasteiger partial charge in [0.2, 0.25) is 11.8 Å². The van der Waals surface area contributed by atoms with Crippen LogP contribution in [0.2, 0.25) is 0 Å². The van der Waals surface area contributed by atoms with E-state index in [2.05, 4.69) is 33.0 Å². The molecule has 0 radical (unpaired) electrons. The number of benzene rings is 1. The predicted octanol–water partition coefficient (Wildman–Crippen LogP) is 3.76. The Balaban J connectivity index is 1.43. The number of ether oxygens (including phenoxy) is 1. The minimum Gasteiger partial charge on any atom is -0.472 e. The number of nitrogens with zero attached hydrogens (tertiary/aromatic N) is 2. The molecule has 1 unspecified atom stereocenters. The Kier molecular flexibility index (Phi) is 6.15. The zero-order chi connectivity index (χ0) is 16.8. The van der Waals surface area contributed by atoms with Crippen molar-refractivity contribution in [3.05, 3.63) is 58.7 Å². The molecular weight excluding hydrogens is 388 g/mol. The maximum Gasteiger partial charge on any atom is 0.232 e. The lowest BCUT2D eigenvalue weighted by Crippen LogP contribution is -2.32. The second-order valence-corrected chi connectivity index (χ2v) is 7.48. The van der Waals surface area contributed by atoms with Crippen molar-refractivity contribution in [2.24, 2.45) is 0 Å². The number of hydrogen-bond donors (Lipinski definition) is 0. The van der Waals surface area contributed by atoms with Crippen LogP contribution in [-0.2, 0) is 10.5 Å². The highest BCUT2D eigenvalue weighted by molar-refractivity contribution is 9.10. The molecule has 1 amide bonds. The number of carbonyl (C=O) groups is 1. The number of pyridine rings is 1. The number of halogens is 1. The fourth-order valence-electron chi connectivity index (χ4n) is 2.59. The normalized spacial score (nSPS) is 17.0. The molecular formula is C18H19BrN2O2S. The minimum absolute atomic E-state index is 0.0132. The predicted molar refractivity (Wildman–Crippen MR) is 100 cm³/mol. The summed E-state index contributed by atoms with van der Waals surface area (Å²) in [6.07, 6.45) is 2.57. The molecule has 126 valence electrons. The second-order valence-electron chi connectivity index (χ2n) is 5.64. The summed E-state index contributed by atoms with van der Waals surface area (Å²) >= 11 is 5.09. The molecule has 1 saturated heterocycles. The summed E-state index contributed by atoms with van der Waals surface area (Å²) in [4.78, 5) is 18.4. The van der Waals surface area contributed by atoms with Gasteiger partial charge in [-0.05, 0) is 33.6 Å². The van der Waals surface area contributed by atoms with Gasteiger partial charge in [-0.3, -0.25) is 4.79 Å². The highest BCUT2D eigenvalue weighted by Crippen LogP contribution is 2.25. The van der Waals surface area contributed by atoms with Crippen molar-refractivity contribution in [3.63, 3.8) is 0 Å². The minimum atomic E-state index is 0.0132. The SMILES string of the molecule is O=C(CSCc1ccccc1)N1CCC(Oc2ncccc2Br)C1. The molecule has 4 nitrogen and oxygen atoms in total. The van der Waals surface area contributed by atoms with Crippen LogP contribution < -0.4 is 4.74 Å². The molecule has 0 aliphatic carbocycles. The van der Waals surface area contributed by atoms with E-state index in [1.54, 1.807) is 18.0 Å². The highest BCUT2D eigenvalue weighted by Gasteiger charge is 2.28. The molecule has 0 N–H and O–H groups in total. The first-order valence-corrected chi connectivity index (χ1v) is 9.84. The first-order chi connectivity index (χ1) is 11.7. The van der Waals surface area contributed by atoms with Gasteiger partial charge in [-0.1, -0.05) is 30.3 Å². The topological polar surface area (TPSA) is 42.4 Å². The van der Waals surface area contributed by atoms with Gasteiger partial charge in [0.25, 0.3) is 0 Å². The van der Waals surface area contributed by atoms with Crippen molar-refractivity contribution < 1.29 is 9.53 Å². The highest BCUT2D eigenvalue weighted by atomic mass is 79.9. The lowest BCUT2D eigenvalue weighted by Gasteiger charge is -2.17. The van der Waals surface area contributed by atoms with Crippen LogP contribution in [0.15, 0.2) is 53.1 Å². The van der Waals surface area contributed by atoms with Crippen molar-refractivity contribution in [1.82, 2.24) is 9.88 Å². The molecule has 3 rings (SSSR count).